The summed E-state index contributed by atoms with van der Waals surface area (Å²) in [6.45, 7) is 7.75. The molecular formula is C21H40. The predicted molar refractivity (Wildman–Crippen MR) is 98.3 cm³/mol. The van der Waals surface area contributed by atoms with Crippen LogP contribution in [0.3, 0.4) is 0 Å². The summed E-state index contributed by atoms with van der Waals surface area (Å²) in [6, 6.07) is 0. The first-order chi connectivity index (χ1) is 10.4. The summed E-state index contributed by atoms with van der Waals surface area (Å²) in [5, 5.41) is 0. The van der Waals surface area contributed by atoms with Crippen LogP contribution in [0.1, 0.15) is 109 Å². The van der Waals surface area contributed by atoms with Crippen LogP contribution in [0, 0.1) is 13.8 Å². The van der Waals surface area contributed by atoms with Crippen molar-refractivity contribution in [3.05, 3.63) is 26.0 Å². The fourth-order valence-corrected chi connectivity index (χ4v) is 2.70. The van der Waals surface area contributed by atoms with E-state index in [9.17, 15) is 0 Å². The van der Waals surface area contributed by atoms with Crippen LogP contribution in [-0.2, 0) is 0 Å². The third-order valence-corrected chi connectivity index (χ3v) is 4.16. The lowest BCUT2D eigenvalue weighted by molar-refractivity contribution is 0.542. The van der Waals surface area contributed by atoms with E-state index in [0.29, 0.717) is 0 Å². The third-order valence-electron chi connectivity index (χ3n) is 4.16. The van der Waals surface area contributed by atoms with E-state index in [1.807, 2.05) is 0 Å². The first kappa shape index (κ1) is 20.7. The molecule has 0 saturated carbocycles. The highest BCUT2D eigenvalue weighted by molar-refractivity contribution is 4.81. The van der Waals surface area contributed by atoms with Crippen molar-refractivity contribution < 1.29 is 0 Å². The number of hydrogen-bond donors (Lipinski definition) is 0. The second-order valence-electron chi connectivity index (χ2n) is 6.35. The van der Waals surface area contributed by atoms with Crippen molar-refractivity contribution in [2.45, 2.75) is 109 Å². The Balaban J connectivity index is 2.98. The van der Waals surface area contributed by atoms with Crippen LogP contribution in [0.25, 0.3) is 0 Å². The van der Waals surface area contributed by atoms with E-state index in [2.05, 4.69) is 26.0 Å². The van der Waals surface area contributed by atoms with Gasteiger partial charge in [0, 0.05) is 0 Å². The lowest BCUT2D eigenvalue weighted by atomic mass is 10.0. The van der Waals surface area contributed by atoms with Gasteiger partial charge in [0.2, 0.25) is 0 Å². The summed E-state index contributed by atoms with van der Waals surface area (Å²) in [7, 11) is 0. The molecule has 0 spiro atoms. The van der Waals surface area contributed by atoms with Crippen LogP contribution in [0.5, 0.6) is 0 Å². The fourth-order valence-electron chi connectivity index (χ4n) is 2.70. The Kier molecular flexibility index (Phi) is 19.5. The van der Waals surface area contributed by atoms with Crippen molar-refractivity contribution in [2.24, 2.45) is 0 Å². The highest BCUT2D eigenvalue weighted by Crippen LogP contribution is 2.13. The first-order valence-electron chi connectivity index (χ1n) is 9.65. The summed E-state index contributed by atoms with van der Waals surface area (Å²) in [5.74, 6) is 0. The van der Waals surface area contributed by atoms with Gasteiger partial charge in [-0.25, -0.2) is 0 Å². The Bertz CT molecular complexity index is 192. The summed E-state index contributed by atoms with van der Waals surface area (Å²) >= 11 is 0. The zero-order valence-electron chi connectivity index (χ0n) is 14.6. The SMILES string of the molecule is [CH2]CCCC=CCCCCCCCCCCCCCC[CH2]. The monoisotopic (exact) mass is 292 g/mol. The maximum absolute atomic E-state index is 3.89. The third kappa shape index (κ3) is 19.7. The van der Waals surface area contributed by atoms with Crippen LogP contribution in [0.2, 0.25) is 0 Å². The Morgan fingerprint density at radius 1 is 0.381 bits per heavy atom. The summed E-state index contributed by atoms with van der Waals surface area (Å²) in [6.07, 6.45) is 27.7. The standard InChI is InChI=1S/C21H40/c1-3-5-7-9-11-13-15-17-19-21-20-18-16-14-12-10-8-6-4-2/h9,11H,1-8,10,12-21H2. The van der Waals surface area contributed by atoms with Crippen molar-refractivity contribution in [2.75, 3.05) is 0 Å². The van der Waals surface area contributed by atoms with E-state index >= 15 is 0 Å². The average Bonchev–Trinajstić information content (AvgIpc) is 2.50. The molecule has 0 aromatic carbocycles. The van der Waals surface area contributed by atoms with Crippen LogP contribution in [0.15, 0.2) is 12.2 Å². The number of unbranched alkanes of at least 4 members (excludes halogenated alkanes) is 15. The minimum atomic E-state index is 1.07. The predicted octanol–water partition coefficient (Wildman–Crippen LogP) is 7.84. The molecule has 0 amide bonds. The summed E-state index contributed by atoms with van der Waals surface area (Å²) in [4.78, 5) is 0. The van der Waals surface area contributed by atoms with Crippen LogP contribution in [0.4, 0.5) is 0 Å². The van der Waals surface area contributed by atoms with Crippen LogP contribution < -0.4 is 0 Å². The summed E-state index contributed by atoms with van der Waals surface area (Å²) in [5.41, 5.74) is 0. The van der Waals surface area contributed by atoms with Crippen molar-refractivity contribution in [3.63, 3.8) is 0 Å². The van der Waals surface area contributed by atoms with E-state index in [1.54, 1.807) is 0 Å². The van der Waals surface area contributed by atoms with Gasteiger partial charge in [-0.1, -0.05) is 109 Å². The van der Waals surface area contributed by atoms with Crippen LogP contribution in [-0.4, -0.2) is 0 Å². The maximum Gasteiger partial charge on any atom is -0.0351 e. The molecule has 0 aromatic rings. The topological polar surface area (TPSA) is 0 Å². The second kappa shape index (κ2) is 19.7. The molecule has 0 aliphatic heterocycles. The molecule has 0 N–H and O–H groups in total. The van der Waals surface area contributed by atoms with Crippen LogP contribution >= 0.6 is 0 Å². The molecular weight excluding hydrogens is 252 g/mol. The van der Waals surface area contributed by atoms with Gasteiger partial charge in [0.05, 0.1) is 0 Å². The molecule has 2 radical (unpaired) electrons. The molecule has 0 heterocycles. The lowest BCUT2D eigenvalue weighted by Gasteiger charge is -2.02. The van der Waals surface area contributed by atoms with E-state index in [4.69, 9.17) is 0 Å². The minimum Gasteiger partial charge on any atom is -0.0885 e. The van der Waals surface area contributed by atoms with Crippen molar-refractivity contribution in [3.8, 4) is 0 Å². The Morgan fingerprint density at radius 2 is 0.714 bits per heavy atom. The van der Waals surface area contributed by atoms with Crippen molar-refractivity contribution in [1.82, 2.24) is 0 Å². The Labute approximate surface area is 135 Å². The van der Waals surface area contributed by atoms with Gasteiger partial charge in [-0.05, 0) is 25.7 Å². The van der Waals surface area contributed by atoms with Gasteiger partial charge >= 0.3 is 0 Å². The number of hydrogen-bond acceptors (Lipinski definition) is 0. The molecule has 0 heteroatoms. The molecule has 0 aliphatic rings. The second-order valence-corrected chi connectivity index (χ2v) is 6.35. The number of rotatable bonds is 17. The van der Waals surface area contributed by atoms with E-state index in [1.165, 1.54) is 96.3 Å². The van der Waals surface area contributed by atoms with E-state index in [-0.39, 0.29) is 0 Å². The van der Waals surface area contributed by atoms with Gasteiger partial charge in [0.1, 0.15) is 0 Å². The van der Waals surface area contributed by atoms with E-state index < -0.39 is 0 Å². The molecule has 0 aromatic heterocycles. The van der Waals surface area contributed by atoms with Gasteiger partial charge in [-0.15, -0.1) is 0 Å². The molecule has 0 fully saturated rings. The molecule has 0 saturated heterocycles. The molecule has 0 bridgehead atoms. The first-order valence-corrected chi connectivity index (χ1v) is 9.65. The highest BCUT2D eigenvalue weighted by atomic mass is 14.0. The molecule has 0 rings (SSSR count). The van der Waals surface area contributed by atoms with Crippen molar-refractivity contribution in [1.29, 1.82) is 0 Å². The average molecular weight is 293 g/mol. The quantitative estimate of drug-likeness (QED) is 0.189. The molecule has 0 aliphatic carbocycles. The maximum atomic E-state index is 3.89. The molecule has 0 unspecified atom stereocenters. The van der Waals surface area contributed by atoms with Gasteiger partial charge in [-0.3, -0.25) is 0 Å². The van der Waals surface area contributed by atoms with Gasteiger partial charge in [0.15, 0.2) is 0 Å². The Hall–Kier alpha value is -0.260. The smallest absolute Gasteiger partial charge is 0.0351 e. The zero-order chi connectivity index (χ0) is 15.4. The molecule has 21 heavy (non-hydrogen) atoms. The summed E-state index contributed by atoms with van der Waals surface area (Å²) < 4.78 is 0. The van der Waals surface area contributed by atoms with E-state index in [0.717, 1.165) is 12.8 Å². The highest BCUT2D eigenvalue weighted by Gasteiger charge is 1.93. The molecule has 0 nitrogen and oxygen atoms in total. The molecule has 0 atom stereocenters. The number of allylic oxidation sites excluding steroid dienone is 2. The minimum absolute atomic E-state index is 1.07. The van der Waals surface area contributed by atoms with Crippen molar-refractivity contribution >= 4 is 0 Å². The zero-order valence-corrected chi connectivity index (χ0v) is 14.6. The lowest BCUT2D eigenvalue weighted by Crippen LogP contribution is -1.82. The Morgan fingerprint density at radius 3 is 1.14 bits per heavy atom. The molecule has 124 valence electrons. The largest absolute Gasteiger partial charge is 0.0885 e. The van der Waals surface area contributed by atoms with Gasteiger partial charge in [0.25, 0.3) is 0 Å². The van der Waals surface area contributed by atoms with Gasteiger partial charge < -0.3 is 0 Å². The van der Waals surface area contributed by atoms with Gasteiger partial charge in [-0.2, -0.15) is 0 Å². The normalized spacial score (nSPS) is 11.5. The fraction of sp³-hybridized carbons (Fsp3) is 0.810.